The monoisotopic (exact) mass is 98.0 g/mol. The molecule has 31 valence electrons. The number of rotatable bonds is 1. The molecular weight excluding hydrogens is 93.0 g/mol. The molecule has 0 saturated heterocycles. The summed E-state index contributed by atoms with van der Waals surface area (Å²) in [5.74, 6) is -0.690. The summed E-state index contributed by atoms with van der Waals surface area (Å²) in [7, 11) is 0. The van der Waals surface area contributed by atoms with Gasteiger partial charge >= 0.3 is 0 Å². The van der Waals surface area contributed by atoms with E-state index in [4.69, 9.17) is 5.11 Å². The van der Waals surface area contributed by atoms with Gasteiger partial charge in [0.15, 0.2) is 0 Å². The first-order valence-corrected chi connectivity index (χ1v) is 1.16. The first kappa shape index (κ1) is 9.66. The summed E-state index contributed by atoms with van der Waals surface area (Å²) in [5, 5.41) is 7.67. The van der Waals surface area contributed by atoms with E-state index in [-0.39, 0.29) is 29.6 Å². The third kappa shape index (κ3) is 8.83. The summed E-state index contributed by atoms with van der Waals surface area (Å²) in [6.45, 7) is -0.556. The number of primary amides is 1. The summed E-state index contributed by atoms with van der Waals surface area (Å²) in [5.41, 5.74) is 4.40. The SMILES string of the molecule is NC(=O)CO.[Na]. The van der Waals surface area contributed by atoms with Crippen LogP contribution in [0.1, 0.15) is 0 Å². The molecule has 0 bridgehead atoms. The molecule has 6 heavy (non-hydrogen) atoms. The minimum absolute atomic E-state index is 0. The van der Waals surface area contributed by atoms with Gasteiger partial charge in [0, 0.05) is 29.6 Å². The molecule has 0 aliphatic heterocycles. The van der Waals surface area contributed by atoms with Gasteiger partial charge in [-0.3, -0.25) is 4.79 Å². The molecule has 0 aliphatic carbocycles. The molecule has 0 heterocycles. The van der Waals surface area contributed by atoms with Crippen LogP contribution >= 0.6 is 0 Å². The summed E-state index contributed by atoms with van der Waals surface area (Å²) in [6.07, 6.45) is 0. The van der Waals surface area contributed by atoms with E-state index >= 15 is 0 Å². The average Bonchev–Trinajstić information content (AvgIpc) is 1.38. The molecule has 0 aromatic heterocycles. The number of aliphatic hydroxyl groups is 1. The van der Waals surface area contributed by atoms with Gasteiger partial charge in [-0.05, 0) is 0 Å². The van der Waals surface area contributed by atoms with Crippen LogP contribution in [-0.2, 0) is 4.79 Å². The van der Waals surface area contributed by atoms with Crippen LogP contribution in [0.2, 0.25) is 0 Å². The van der Waals surface area contributed by atoms with Crippen molar-refractivity contribution in [2.45, 2.75) is 0 Å². The van der Waals surface area contributed by atoms with Crippen molar-refractivity contribution in [3.05, 3.63) is 0 Å². The molecule has 1 radical (unpaired) electrons. The Hall–Kier alpha value is 0.430. The van der Waals surface area contributed by atoms with Crippen LogP contribution < -0.4 is 5.73 Å². The predicted molar refractivity (Wildman–Crippen MR) is 22.0 cm³/mol. The fourth-order valence-electron chi connectivity index (χ4n) is 0. The number of aliphatic hydroxyl groups excluding tert-OH is 1. The zero-order chi connectivity index (χ0) is 4.28. The molecule has 1 amide bonds. The number of hydrogen-bond donors (Lipinski definition) is 2. The molecule has 0 aliphatic rings. The van der Waals surface area contributed by atoms with E-state index in [2.05, 4.69) is 5.73 Å². The smallest absolute Gasteiger partial charge is 0.243 e. The Bertz CT molecular complexity index is 46.8. The molecule has 0 fully saturated rings. The van der Waals surface area contributed by atoms with Gasteiger partial charge < -0.3 is 10.8 Å². The van der Waals surface area contributed by atoms with E-state index < -0.39 is 12.5 Å². The molecule has 0 unspecified atom stereocenters. The van der Waals surface area contributed by atoms with Crippen LogP contribution in [0.4, 0.5) is 0 Å². The average molecular weight is 98.1 g/mol. The van der Waals surface area contributed by atoms with E-state index in [1.165, 1.54) is 0 Å². The number of amides is 1. The molecule has 0 spiro atoms. The molecule has 0 aromatic rings. The molecule has 4 heteroatoms. The van der Waals surface area contributed by atoms with Gasteiger partial charge in [-0.2, -0.15) is 0 Å². The molecule has 3 N–H and O–H groups in total. The minimum atomic E-state index is -0.690. The summed E-state index contributed by atoms with van der Waals surface area (Å²) < 4.78 is 0. The summed E-state index contributed by atoms with van der Waals surface area (Å²) in [4.78, 5) is 9.34. The number of carbonyl (C=O) groups excluding carboxylic acids is 1. The Kier molecular flexibility index (Phi) is 8.74. The van der Waals surface area contributed by atoms with Gasteiger partial charge in [0.05, 0.1) is 0 Å². The van der Waals surface area contributed by atoms with Crippen molar-refractivity contribution in [1.82, 2.24) is 0 Å². The van der Waals surface area contributed by atoms with Crippen LogP contribution in [0.3, 0.4) is 0 Å². The van der Waals surface area contributed by atoms with Crippen molar-refractivity contribution < 1.29 is 9.90 Å². The molecule has 3 nitrogen and oxygen atoms in total. The van der Waals surface area contributed by atoms with Gasteiger partial charge in [0.1, 0.15) is 6.61 Å². The third-order valence-corrected chi connectivity index (χ3v) is 0.156. The Balaban J connectivity index is 0. The van der Waals surface area contributed by atoms with Gasteiger partial charge in [-0.25, -0.2) is 0 Å². The second-order valence-electron chi connectivity index (χ2n) is 0.624. The summed E-state index contributed by atoms with van der Waals surface area (Å²) >= 11 is 0. The standard InChI is InChI=1S/C2H5NO2.Na/c3-2(5)1-4;/h4H,1H2,(H2,3,5);. The molecule has 0 rings (SSSR count). The summed E-state index contributed by atoms with van der Waals surface area (Å²) in [6, 6.07) is 0. The van der Waals surface area contributed by atoms with E-state index in [1.54, 1.807) is 0 Å². The first-order chi connectivity index (χ1) is 2.27. The second kappa shape index (κ2) is 5.43. The van der Waals surface area contributed by atoms with Crippen LogP contribution in [0.25, 0.3) is 0 Å². The largest absolute Gasteiger partial charge is 0.387 e. The van der Waals surface area contributed by atoms with Crippen molar-refractivity contribution in [1.29, 1.82) is 0 Å². The fourth-order valence-corrected chi connectivity index (χ4v) is 0. The number of nitrogens with two attached hydrogens (primary N) is 1. The maximum atomic E-state index is 9.34. The quantitative estimate of drug-likeness (QED) is 0.375. The molecule has 0 saturated carbocycles. The van der Waals surface area contributed by atoms with Gasteiger partial charge in [0.25, 0.3) is 0 Å². The van der Waals surface area contributed by atoms with Gasteiger partial charge in [-0.15, -0.1) is 0 Å². The van der Waals surface area contributed by atoms with Crippen LogP contribution in [0.5, 0.6) is 0 Å². The van der Waals surface area contributed by atoms with Gasteiger partial charge in [0.2, 0.25) is 5.91 Å². The first-order valence-electron chi connectivity index (χ1n) is 1.16. The van der Waals surface area contributed by atoms with Crippen LogP contribution in [0.15, 0.2) is 0 Å². The van der Waals surface area contributed by atoms with Crippen molar-refractivity contribution >= 4 is 35.5 Å². The van der Waals surface area contributed by atoms with E-state index in [1.807, 2.05) is 0 Å². The molecular formula is C2H5NNaO2. The predicted octanol–water partition coefficient (Wildman–Crippen LogP) is -1.92. The molecule has 0 atom stereocenters. The zero-order valence-corrected chi connectivity index (χ0v) is 5.64. The topological polar surface area (TPSA) is 63.3 Å². The Labute approximate surface area is 57.8 Å². The van der Waals surface area contributed by atoms with Crippen molar-refractivity contribution in [2.24, 2.45) is 5.73 Å². The Morgan fingerprint density at radius 3 is 2.00 bits per heavy atom. The number of carbonyl (C=O) groups is 1. The zero-order valence-electron chi connectivity index (χ0n) is 3.64. The number of hydrogen-bond acceptors (Lipinski definition) is 2. The van der Waals surface area contributed by atoms with Crippen molar-refractivity contribution in [3.8, 4) is 0 Å². The normalized spacial score (nSPS) is 6.17. The van der Waals surface area contributed by atoms with Crippen molar-refractivity contribution in [3.63, 3.8) is 0 Å². The minimum Gasteiger partial charge on any atom is -0.387 e. The van der Waals surface area contributed by atoms with Gasteiger partial charge in [-0.1, -0.05) is 0 Å². The van der Waals surface area contributed by atoms with E-state index in [0.717, 1.165) is 0 Å². The fraction of sp³-hybridized carbons (Fsp3) is 0.500. The maximum absolute atomic E-state index is 9.34. The Morgan fingerprint density at radius 1 is 1.83 bits per heavy atom. The molecule has 0 aromatic carbocycles. The maximum Gasteiger partial charge on any atom is 0.243 e. The Morgan fingerprint density at radius 2 is 2.00 bits per heavy atom. The second-order valence-corrected chi connectivity index (χ2v) is 0.624. The third-order valence-electron chi connectivity index (χ3n) is 0.156. The van der Waals surface area contributed by atoms with E-state index in [9.17, 15) is 4.79 Å². The van der Waals surface area contributed by atoms with Crippen molar-refractivity contribution in [2.75, 3.05) is 6.61 Å². The van der Waals surface area contributed by atoms with Crippen LogP contribution in [0, 0.1) is 0 Å². The van der Waals surface area contributed by atoms with E-state index in [0.29, 0.717) is 0 Å². The van der Waals surface area contributed by atoms with Crippen LogP contribution in [-0.4, -0.2) is 47.2 Å².